The lowest BCUT2D eigenvalue weighted by Crippen LogP contribution is -2.50. The van der Waals surface area contributed by atoms with E-state index in [1.54, 1.807) is 20.8 Å². The molecule has 1 aromatic carbocycles. The number of ether oxygens (including phenoxy) is 1. The molecule has 1 aromatic rings. The van der Waals surface area contributed by atoms with Gasteiger partial charge in [-0.2, -0.15) is 0 Å². The van der Waals surface area contributed by atoms with E-state index in [1.807, 2.05) is 6.07 Å². The van der Waals surface area contributed by atoms with Gasteiger partial charge in [0.1, 0.15) is 5.60 Å². The van der Waals surface area contributed by atoms with Crippen molar-refractivity contribution in [2.45, 2.75) is 51.8 Å². The van der Waals surface area contributed by atoms with Crippen molar-refractivity contribution >= 4 is 12.0 Å². The predicted octanol–water partition coefficient (Wildman–Crippen LogP) is 1.80. The Morgan fingerprint density at radius 1 is 1.15 bits per heavy atom. The van der Waals surface area contributed by atoms with Gasteiger partial charge in [0.25, 0.3) is 0 Å². The van der Waals surface area contributed by atoms with Crippen LogP contribution in [0.4, 0.5) is 4.79 Å². The highest BCUT2D eigenvalue weighted by Crippen LogP contribution is 2.13. The molecule has 0 atom stereocenters. The summed E-state index contributed by atoms with van der Waals surface area (Å²) < 4.78 is 5.04. The zero-order valence-electron chi connectivity index (χ0n) is 15.9. The summed E-state index contributed by atoms with van der Waals surface area (Å²) in [4.78, 5) is 25.7. The van der Waals surface area contributed by atoms with E-state index in [1.165, 1.54) is 5.56 Å². The number of rotatable bonds is 6. The molecule has 26 heavy (non-hydrogen) atoms. The number of likely N-dealkylation sites (tertiary alicyclic amines) is 1. The predicted molar refractivity (Wildman–Crippen MR) is 100 cm³/mol. The maximum absolute atomic E-state index is 11.7. The largest absolute Gasteiger partial charge is 0.444 e. The number of hydrogen-bond donors (Lipinski definition) is 3. The molecule has 7 nitrogen and oxygen atoms in total. The van der Waals surface area contributed by atoms with Crippen LogP contribution in [0, 0.1) is 0 Å². The zero-order valence-corrected chi connectivity index (χ0v) is 15.9. The number of hydrogen-bond acceptors (Lipinski definition) is 6. The van der Waals surface area contributed by atoms with Crippen molar-refractivity contribution < 1.29 is 14.3 Å². The van der Waals surface area contributed by atoms with Gasteiger partial charge in [-0.1, -0.05) is 30.3 Å². The lowest BCUT2D eigenvalue weighted by atomic mass is 10.0. The molecular formula is C19H30N4O3. The summed E-state index contributed by atoms with van der Waals surface area (Å²) in [6.07, 6.45) is 1.29. The molecule has 0 aromatic heterocycles. The van der Waals surface area contributed by atoms with E-state index in [0.29, 0.717) is 6.04 Å². The van der Waals surface area contributed by atoms with E-state index in [4.69, 9.17) is 4.74 Å². The Balaban J connectivity index is 1.58. The van der Waals surface area contributed by atoms with Crippen LogP contribution in [0.3, 0.4) is 0 Å². The van der Waals surface area contributed by atoms with E-state index < -0.39 is 17.6 Å². The summed E-state index contributed by atoms with van der Waals surface area (Å²) in [5, 5.41) is 2.20. The number of amides is 2. The van der Waals surface area contributed by atoms with E-state index in [2.05, 4.69) is 45.3 Å². The molecule has 2 rings (SSSR count). The molecule has 0 saturated carbocycles. The van der Waals surface area contributed by atoms with Gasteiger partial charge in [-0.25, -0.2) is 10.2 Å². The molecule has 1 heterocycles. The standard InChI is InChI=1S/C19H30N4O3/c1-19(2,3)26-18(25)21-17(24)13-20-22-16-9-11-23(12-10-16)14-15-7-5-4-6-8-15/h4-8,16,20,22H,9-14H2,1-3H3,(H,21,24,25). The molecule has 0 radical (unpaired) electrons. The Morgan fingerprint density at radius 3 is 2.42 bits per heavy atom. The number of alkyl carbamates (subject to hydrolysis) is 1. The van der Waals surface area contributed by atoms with Crippen LogP contribution in [0.2, 0.25) is 0 Å². The van der Waals surface area contributed by atoms with Crippen molar-refractivity contribution in [3.05, 3.63) is 35.9 Å². The van der Waals surface area contributed by atoms with Gasteiger partial charge in [0, 0.05) is 25.7 Å². The SMILES string of the molecule is CC(C)(C)OC(=O)NC(=O)CNNC1CCN(Cc2ccccc2)CC1. The smallest absolute Gasteiger partial charge is 0.414 e. The average molecular weight is 362 g/mol. The van der Waals surface area contributed by atoms with Crippen molar-refractivity contribution in [3.8, 4) is 0 Å². The number of hydrazine groups is 1. The number of imide groups is 1. The second-order valence-corrected chi connectivity index (χ2v) is 7.58. The Morgan fingerprint density at radius 2 is 1.81 bits per heavy atom. The van der Waals surface area contributed by atoms with Crippen molar-refractivity contribution in [1.82, 2.24) is 21.1 Å². The second kappa shape index (κ2) is 9.66. The zero-order chi connectivity index (χ0) is 19.0. The third kappa shape index (κ3) is 7.95. The van der Waals surface area contributed by atoms with E-state index >= 15 is 0 Å². The Bertz CT molecular complexity index is 578. The fourth-order valence-electron chi connectivity index (χ4n) is 2.81. The maximum atomic E-state index is 11.7. The Kier molecular flexibility index (Phi) is 7.56. The van der Waals surface area contributed by atoms with Crippen LogP contribution in [-0.2, 0) is 16.1 Å². The molecule has 1 aliphatic heterocycles. The molecule has 0 unspecified atom stereocenters. The lowest BCUT2D eigenvalue weighted by Gasteiger charge is -2.32. The minimum Gasteiger partial charge on any atom is -0.444 e. The molecule has 0 aliphatic carbocycles. The van der Waals surface area contributed by atoms with Crippen LogP contribution in [0.25, 0.3) is 0 Å². The highest BCUT2D eigenvalue weighted by molar-refractivity contribution is 5.92. The summed E-state index contributed by atoms with van der Waals surface area (Å²) in [6.45, 7) is 8.27. The van der Waals surface area contributed by atoms with Gasteiger partial charge >= 0.3 is 6.09 Å². The first kappa shape index (κ1) is 20.4. The van der Waals surface area contributed by atoms with E-state index in [9.17, 15) is 9.59 Å². The topological polar surface area (TPSA) is 82.7 Å². The van der Waals surface area contributed by atoms with Crippen LogP contribution in [0.1, 0.15) is 39.2 Å². The van der Waals surface area contributed by atoms with Crippen molar-refractivity contribution in [3.63, 3.8) is 0 Å². The number of piperidine rings is 1. The maximum Gasteiger partial charge on any atom is 0.414 e. The first-order valence-electron chi connectivity index (χ1n) is 9.09. The van der Waals surface area contributed by atoms with Gasteiger partial charge in [0.05, 0.1) is 6.54 Å². The number of benzene rings is 1. The van der Waals surface area contributed by atoms with E-state index in [-0.39, 0.29) is 6.54 Å². The number of carbonyl (C=O) groups is 2. The van der Waals surface area contributed by atoms with Crippen molar-refractivity contribution in [2.24, 2.45) is 0 Å². The van der Waals surface area contributed by atoms with Crippen LogP contribution in [0.15, 0.2) is 30.3 Å². The normalized spacial score (nSPS) is 16.3. The molecule has 3 N–H and O–H groups in total. The molecule has 1 fully saturated rings. The van der Waals surface area contributed by atoms with Crippen LogP contribution < -0.4 is 16.2 Å². The lowest BCUT2D eigenvalue weighted by molar-refractivity contribution is -0.120. The third-order valence-corrected chi connectivity index (χ3v) is 4.03. The van der Waals surface area contributed by atoms with E-state index in [0.717, 1.165) is 32.5 Å². The van der Waals surface area contributed by atoms with Gasteiger partial charge in [-0.15, -0.1) is 0 Å². The first-order valence-corrected chi connectivity index (χ1v) is 9.09. The number of nitrogens with zero attached hydrogens (tertiary/aromatic N) is 1. The Labute approximate surface area is 155 Å². The quantitative estimate of drug-likeness (QED) is 0.670. The summed E-state index contributed by atoms with van der Waals surface area (Å²) >= 11 is 0. The highest BCUT2D eigenvalue weighted by Gasteiger charge is 2.20. The minimum atomic E-state index is -0.724. The third-order valence-electron chi connectivity index (χ3n) is 4.03. The second-order valence-electron chi connectivity index (χ2n) is 7.58. The molecule has 0 spiro atoms. The minimum absolute atomic E-state index is 0.0173. The molecule has 7 heteroatoms. The van der Waals surface area contributed by atoms with Gasteiger partial charge in [0.2, 0.25) is 5.91 Å². The van der Waals surface area contributed by atoms with Crippen molar-refractivity contribution in [2.75, 3.05) is 19.6 Å². The van der Waals surface area contributed by atoms with Crippen molar-refractivity contribution in [1.29, 1.82) is 0 Å². The average Bonchev–Trinajstić information content (AvgIpc) is 2.55. The molecule has 1 aliphatic rings. The monoisotopic (exact) mass is 362 g/mol. The fourth-order valence-corrected chi connectivity index (χ4v) is 2.81. The summed E-state index contributed by atoms with van der Waals surface area (Å²) in [5.74, 6) is -0.423. The van der Waals surface area contributed by atoms with Crippen LogP contribution in [-0.4, -0.2) is 48.2 Å². The highest BCUT2D eigenvalue weighted by atomic mass is 16.6. The van der Waals surface area contributed by atoms with Gasteiger partial charge in [-0.05, 0) is 39.2 Å². The molecule has 1 saturated heterocycles. The molecular weight excluding hydrogens is 332 g/mol. The Hall–Kier alpha value is -1.96. The first-order chi connectivity index (χ1) is 12.3. The molecule has 144 valence electrons. The summed E-state index contributed by atoms with van der Waals surface area (Å²) in [7, 11) is 0. The van der Waals surface area contributed by atoms with Gasteiger partial charge < -0.3 is 4.74 Å². The molecule has 2 amide bonds. The summed E-state index contributed by atoms with van der Waals surface area (Å²) in [5.41, 5.74) is 6.78. The molecule has 0 bridgehead atoms. The fraction of sp³-hybridized carbons (Fsp3) is 0.579. The van der Waals surface area contributed by atoms with Crippen LogP contribution >= 0.6 is 0 Å². The summed E-state index contributed by atoms with van der Waals surface area (Å²) in [6, 6.07) is 10.8. The van der Waals surface area contributed by atoms with Gasteiger partial charge in [-0.3, -0.25) is 20.4 Å². The van der Waals surface area contributed by atoms with Crippen LogP contribution in [0.5, 0.6) is 0 Å². The number of nitrogens with one attached hydrogen (secondary N) is 3. The number of carbonyl (C=O) groups excluding carboxylic acids is 2. The van der Waals surface area contributed by atoms with Gasteiger partial charge in [0.15, 0.2) is 0 Å².